The number of anilines is 1. The molecule has 1 aromatic rings. The summed E-state index contributed by atoms with van der Waals surface area (Å²) in [6.45, 7) is 8.66. The van der Waals surface area contributed by atoms with Crippen LogP contribution < -0.4 is 4.90 Å². The van der Waals surface area contributed by atoms with Gasteiger partial charge < -0.3 is 10.0 Å². The molecule has 1 aliphatic heterocycles. The highest BCUT2D eigenvalue weighted by molar-refractivity contribution is 8.00. The van der Waals surface area contributed by atoms with E-state index in [0.717, 1.165) is 18.8 Å². The van der Waals surface area contributed by atoms with Gasteiger partial charge in [0, 0.05) is 23.6 Å². The largest absolute Gasteiger partial charge is 0.387 e. The zero-order valence-corrected chi connectivity index (χ0v) is 12.2. The van der Waals surface area contributed by atoms with Gasteiger partial charge in [0.15, 0.2) is 0 Å². The van der Waals surface area contributed by atoms with E-state index in [2.05, 4.69) is 29.8 Å². The number of aromatic nitrogens is 1. The number of thioether (sulfide) groups is 1. The average molecular weight is 266 g/mol. The van der Waals surface area contributed by atoms with Gasteiger partial charge in [-0.1, -0.05) is 20.8 Å². The predicted molar refractivity (Wildman–Crippen MR) is 78.2 cm³/mol. The van der Waals surface area contributed by atoms with Crippen LogP contribution in [-0.2, 0) is 0 Å². The van der Waals surface area contributed by atoms with Crippen LogP contribution in [0.4, 0.5) is 5.69 Å². The maximum atomic E-state index is 9.74. The van der Waals surface area contributed by atoms with Crippen molar-refractivity contribution in [2.45, 2.75) is 43.8 Å². The van der Waals surface area contributed by atoms with Crippen LogP contribution in [0.1, 0.15) is 39.0 Å². The molecule has 0 bridgehead atoms. The van der Waals surface area contributed by atoms with Crippen molar-refractivity contribution in [3.05, 3.63) is 24.0 Å². The molecule has 1 aromatic heterocycles. The molecule has 3 nitrogen and oxygen atoms in total. The van der Waals surface area contributed by atoms with Gasteiger partial charge in [-0.25, -0.2) is 0 Å². The topological polar surface area (TPSA) is 36.4 Å². The van der Waals surface area contributed by atoms with Crippen LogP contribution in [0, 0.1) is 0 Å². The summed E-state index contributed by atoms with van der Waals surface area (Å²) in [7, 11) is 0. The fraction of sp³-hybridized carbons (Fsp3) is 0.643. The molecule has 100 valence electrons. The highest BCUT2D eigenvalue weighted by atomic mass is 32.2. The maximum absolute atomic E-state index is 9.74. The van der Waals surface area contributed by atoms with E-state index in [0.29, 0.717) is 16.9 Å². The zero-order valence-electron chi connectivity index (χ0n) is 11.3. The summed E-state index contributed by atoms with van der Waals surface area (Å²) in [5.41, 5.74) is 1.94. The zero-order chi connectivity index (χ0) is 13.1. The van der Waals surface area contributed by atoms with Crippen LogP contribution in [0.25, 0.3) is 0 Å². The Morgan fingerprint density at radius 1 is 1.39 bits per heavy atom. The van der Waals surface area contributed by atoms with Crippen molar-refractivity contribution in [3.63, 3.8) is 0 Å². The van der Waals surface area contributed by atoms with E-state index in [1.807, 2.05) is 30.9 Å². The molecule has 1 aliphatic rings. The molecular weight excluding hydrogens is 244 g/mol. The SMILES string of the molecule is CCC(O)c1ccc(N2CC(C)SC(C)C2)cn1. The summed E-state index contributed by atoms with van der Waals surface area (Å²) in [6.07, 6.45) is 2.17. The van der Waals surface area contributed by atoms with Gasteiger partial charge in [-0.2, -0.15) is 11.8 Å². The Bertz CT molecular complexity index is 372. The maximum Gasteiger partial charge on any atom is 0.0957 e. The first-order valence-electron chi connectivity index (χ1n) is 6.64. The van der Waals surface area contributed by atoms with E-state index in [-0.39, 0.29) is 0 Å². The van der Waals surface area contributed by atoms with Gasteiger partial charge in [0.1, 0.15) is 0 Å². The first-order chi connectivity index (χ1) is 8.60. The Morgan fingerprint density at radius 3 is 2.56 bits per heavy atom. The molecule has 1 fully saturated rings. The second-order valence-corrected chi connectivity index (χ2v) is 6.91. The Kier molecular flexibility index (Phi) is 4.51. The highest BCUT2D eigenvalue weighted by Crippen LogP contribution is 2.28. The molecule has 3 atom stereocenters. The van der Waals surface area contributed by atoms with E-state index >= 15 is 0 Å². The van der Waals surface area contributed by atoms with Gasteiger partial charge in [-0.3, -0.25) is 4.98 Å². The van der Waals surface area contributed by atoms with Crippen LogP contribution in [0.2, 0.25) is 0 Å². The van der Waals surface area contributed by atoms with E-state index in [9.17, 15) is 5.11 Å². The van der Waals surface area contributed by atoms with Gasteiger partial charge in [0.2, 0.25) is 0 Å². The summed E-state index contributed by atoms with van der Waals surface area (Å²) < 4.78 is 0. The first-order valence-corrected chi connectivity index (χ1v) is 7.58. The van der Waals surface area contributed by atoms with E-state index in [1.54, 1.807) is 0 Å². The van der Waals surface area contributed by atoms with Crippen LogP contribution in [-0.4, -0.2) is 33.7 Å². The second kappa shape index (κ2) is 5.93. The molecule has 0 saturated carbocycles. The summed E-state index contributed by atoms with van der Waals surface area (Å²) >= 11 is 2.05. The van der Waals surface area contributed by atoms with Gasteiger partial charge in [-0.15, -0.1) is 0 Å². The van der Waals surface area contributed by atoms with Crippen molar-refractivity contribution < 1.29 is 5.11 Å². The number of hydrogen-bond donors (Lipinski definition) is 1. The fourth-order valence-electron chi connectivity index (χ4n) is 2.38. The van der Waals surface area contributed by atoms with Crippen molar-refractivity contribution in [3.8, 4) is 0 Å². The minimum absolute atomic E-state index is 0.436. The van der Waals surface area contributed by atoms with Crippen LogP contribution in [0.15, 0.2) is 18.3 Å². The smallest absolute Gasteiger partial charge is 0.0957 e. The quantitative estimate of drug-likeness (QED) is 0.912. The van der Waals surface area contributed by atoms with Crippen LogP contribution in [0.5, 0.6) is 0 Å². The molecule has 0 spiro atoms. The molecular formula is C14H22N2OS. The number of pyridine rings is 1. The Hall–Kier alpha value is -0.740. The monoisotopic (exact) mass is 266 g/mol. The van der Waals surface area contributed by atoms with Gasteiger partial charge in [-0.05, 0) is 18.6 Å². The lowest BCUT2D eigenvalue weighted by Gasteiger charge is -2.36. The van der Waals surface area contributed by atoms with E-state index < -0.39 is 6.10 Å². The molecule has 2 rings (SSSR count). The van der Waals surface area contributed by atoms with Gasteiger partial charge in [0.05, 0.1) is 23.7 Å². The lowest BCUT2D eigenvalue weighted by atomic mass is 10.2. The highest BCUT2D eigenvalue weighted by Gasteiger charge is 2.22. The third-order valence-corrected chi connectivity index (χ3v) is 4.51. The van der Waals surface area contributed by atoms with Gasteiger partial charge in [0.25, 0.3) is 0 Å². The van der Waals surface area contributed by atoms with E-state index in [4.69, 9.17) is 0 Å². The molecule has 1 N–H and O–H groups in total. The van der Waals surface area contributed by atoms with E-state index in [1.165, 1.54) is 5.69 Å². The first kappa shape index (κ1) is 13.7. The number of aliphatic hydroxyl groups excluding tert-OH is 1. The summed E-state index contributed by atoms with van der Waals surface area (Å²) in [6, 6.07) is 4.03. The Balaban J connectivity index is 2.09. The fourth-order valence-corrected chi connectivity index (χ4v) is 3.70. The van der Waals surface area contributed by atoms with Crippen molar-refractivity contribution >= 4 is 17.4 Å². The third-order valence-electron chi connectivity index (χ3n) is 3.28. The van der Waals surface area contributed by atoms with Gasteiger partial charge >= 0.3 is 0 Å². The Morgan fingerprint density at radius 2 is 2.06 bits per heavy atom. The molecule has 0 amide bonds. The lowest BCUT2D eigenvalue weighted by molar-refractivity contribution is 0.169. The number of nitrogens with zero attached hydrogens (tertiary/aromatic N) is 2. The minimum Gasteiger partial charge on any atom is -0.387 e. The Labute approximate surface area is 114 Å². The average Bonchev–Trinajstić information content (AvgIpc) is 2.37. The number of rotatable bonds is 3. The number of aliphatic hydroxyl groups is 1. The predicted octanol–water partition coefficient (Wildman–Crippen LogP) is 2.86. The van der Waals surface area contributed by atoms with Crippen LogP contribution in [0.3, 0.4) is 0 Å². The summed E-state index contributed by atoms with van der Waals surface area (Å²) in [5.74, 6) is 0. The molecule has 0 radical (unpaired) electrons. The van der Waals surface area contributed by atoms with Crippen LogP contribution >= 0.6 is 11.8 Å². The second-order valence-electron chi connectivity index (χ2n) is 5.03. The molecule has 0 aromatic carbocycles. The van der Waals surface area contributed by atoms with Crippen molar-refractivity contribution in [1.82, 2.24) is 4.98 Å². The van der Waals surface area contributed by atoms with Crippen molar-refractivity contribution in [2.75, 3.05) is 18.0 Å². The minimum atomic E-state index is -0.436. The molecule has 0 aliphatic carbocycles. The number of hydrogen-bond acceptors (Lipinski definition) is 4. The summed E-state index contributed by atoms with van der Waals surface area (Å²) in [5, 5.41) is 11.1. The van der Waals surface area contributed by atoms with Crippen molar-refractivity contribution in [2.24, 2.45) is 0 Å². The lowest BCUT2D eigenvalue weighted by Crippen LogP contribution is -2.40. The molecule has 2 heterocycles. The third kappa shape index (κ3) is 3.18. The van der Waals surface area contributed by atoms with Crippen molar-refractivity contribution in [1.29, 1.82) is 0 Å². The normalized spacial score (nSPS) is 26.1. The molecule has 18 heavy (non-hydrogen) atoms. The summed E-state index contributed by atoms with van der Waals surface area (Å²) in [4.78, 5) is 6.77. The standard InChI is InChI=1S/C14H22N2OS/c1-4-14(17)13-6-5-12(7-15-13)16-8-10(2)18-11(3)9-16/h5-7,10-11,14,17H,4,8-9H2,1-3H3. The molecule has 1 saturated heterocycles. The molecule has 3 unspecified atom stereocenters. The molecule has 4 heteroatoms.